The SMILES string of the molecule is COc1cccc(C(=O)Nc2ccc(S(=O)(=O)C3CCCC3)cc2)c1. The quantitative estimate of drug-likeness (QED) is 0.884. The minimum Gasteiger partial charge on any atom is -0.497 e. The van der Waals surface area contributed by atoms with Crippen molar-refractivity contribution in [1.29, 1.82) is 0 Å². The number of sulfone groups is 1. The molecule has 6 heteroatoms. The molecule has 5 nitrogen and oxygen atoms in total. The highest BCUT2D eigenvalue weighted by Gasteiger charge is 2.30. The number of rotatable bonds is 5. The first-order valence-corrected chi connectivity index (χ1v) is 9.85. The van der Waals surface area contributed by atoms with Gasteiger partial charge in [-0.2, -0.15) is 0 Å². The Hall–Kier alpha value is -2.34. The molecule has 0 spiro atoms. The lowest BCUT2D eigenvalue weighted by Gasteiger charge is -2.12. The molecule has 0 heterocycles. The van der Waals surface area contributed by atoms with E-state index < -0.39 is 9.84 Å². The second-order valence-corrected chi connectivity index (χ2v) is 8.39. The fourth-order valence-corrected chi connectivity index (χ4v) is 4.94. The lowest BCUT2D eigenvalue weighted by molar-refractivity contribution is 0.102. The Morgan fingerprint density at radius 2 is 1.76 bits per heavy atom. The molecule has 2 aromatic carbocycles. The largest absolute Gasteiger partial charge is 0.497 e. The molecule has 0 atom stereocenters. The van der Waals surface area contributed by atoms with Crippen molar-refractivity contribution < 1.29 is 17.9 Å². The van der Waals surface area contributed by atoms with Crippen molar-refractivity contribution in [3.8, 4) is 5.75 Å². The molecule has 0 saturated heterocycles. The van der Waals surface area contributed by atoms with Gasteiger partial charge in [0.1, 0.15) is 5.75 Å². The molecule has 0 bridgehead atoms. The summed E-state index contributed by atoms with van der Waals surface area (Å²) in [6, 6.07) is 13.2. The first kappa shape index (κ1) is 17.5. The highest BCUT2D eigenvalue weighted by atomic mass is 32.2. The average molecular weight is 359 g/mol. The number of amides is 1. The van der Waals surface area contributed by atoms with E-state index in [-0.39, 0.29) is 11.2 Å². The summed E-state index contributed by atoms with van der Waals surface area (Å²) in [6.07, 6.45) is 3.41. The Labute approximate surface area is 147 Å². The summed E-state index contributed by atoms with van der Waals surface area (Å²) in [5, 5.41) is 2.50. The van der Waals surface area contributed by atoms with Gasteiger partial charge in [0, 0.05) is 11.3 Å². The van der Waals surface area contributed by atoms with Gasteiger partial charge in [0.15, 0.2) is 9.84 Å². The number of hydrogen-bond donors (Lipinski definition) is 1. The zero-order chi connectivity index (χ0) is 17.9. The maximum atomic E-state index is 12.6. The van der Waals surface area contributed by atoms with E-state index in [2.05, 4.69) is 5.32 Å². The third-order valence-electron chi connectivity index (χ3n) is 4.51. The second-order valence-electron chi connectivity index (χ2n) is 6.16. The molecule has 132 valence electrons. The van der Waals surface area contributed by atoms with Crippen LogP contribution < -0.4 is 10.1 Å². The molecule has 1 fully saturated rings. The molecule has 25 heavy (non-hydrogen) atoms. The Morgan fingerprint density at radius 3 is 2.40 bits per heavy atom. The fourth-order valence-electron chi connectivity index (χ4n) is 3.09. The van der Waals surface area contributed by atoms with Gasteiger partial charge in [-0.1, -0.05) is 18.9 Å². The molecule has 0 unspecified atom stereocenters. The molecule has 3 rings (SSSR count). The number of benzene rings is 2. The minimum atomic E-state index is -3.27. The first-order chi connectivity index (χ1) is 12.0. The van der Waals surface area contributed by atoms with E-state index in [9.17, 15) is 13.2 Å². The van der Waals surface area contributed by atoms with Crippen LogP contribution in [0.2, 0.25) is 0 Å². The van der Waals surface area contributed by atoms with E-state index in [0.29, 0.717) is 21.9 Å². The number of methoxy groups -OCH3 is 1. The molecule has 1 N–H and O–H groups in total. The van der Waals surface area contributed by atoms with Gasteiger partial charge in [-0.15, -0.1) is 0 Å². The Kier molecular flexibility index (Phi) is 5.08. The highest BCUT2D eigenvalue weighted by molar-refractivity contribution is 7.92. The lowest BCUT2D eigenvalue weighted by atomic mass is 10.2. The van der Waals surface area contributed by atoms with Crippen LogP contribution in [0.25, 0.3) is 0 Å². The van der Waals surface area contributed by atoms with Crippen molar-refractivity contribution in [2.45, 2.75) is 35.8 Å². The van der Waals surface area contributed by atoms with Gasteiger partial charge in [0.05, 0.1) is 17.3 Å². The van der Waals surface area contributed by atoms with Crippen molar-refractivity contribution in [1.82, 2.24) is 0 Å². The van der Waals surface area contributed by atoms with Gasteiger partial charge < -0.3 is 10.1 Å². The summed E-state index contributed by atoms with van der Waals surface area (Å²) >= 11 is 0. The summed E-state index contributed by atoms with van der Waals surface area (Å²) in [4.78, 5) is 12.6. The van der Waals surface area contributed by atoms with Crippen molar-refractivity contribution in [3.63, 3.8) is 0 Å². The van der Waals surface area contributed by atoms with E-state index in [1.54, 1.807) is 55.6 Å². The van der Waals surface area contributed by atoms with E-state index in [4.69, 9.17) is 4.74 Å². The summed E-state index contributed by atoms with van der Waals surface area (Å²) in [5.41, 5.74) is 1.03. The Balaban J connectivity index is 1.73. The summed E-state index contributed by atoms with van der Waals surface area (Å²) < 4.78 is 30.2. The molecule has 1 saturated carbocycles. The number of hydrogen-bond acceptors (Lipinski definition) is 4. The van der Waals surface area contributed by atoms with Crippen molar-refractivity contribution in [2.75, 3.05) is 12.4 Å². The number of carbonyl (C=O) groups excluding carboxylic acids is 1. The molecule has 2 aromatic rings. The van der Waals surface area contributed by atoms with Crippen LogP contribution in [0.15, 0.2) is 53.4 Å². The molecule has 1 aliphatic rings. The van der Waals surface area contributed by atoms with Crippen LogP contribution in [0, 0.1) is 0 Å². The third kappa shape index (κ3) is 3.85. The van der Waals surface area contributed by atoms with E-state index >= 15 is 0 Å². The molecule has 0 aromatic heterocycles. The number of ether oxygens (including phenoxy) is 1. The molecule has 1 amide bonds. The van der Waals surface area contributed by atoms with Gasteiger partial charge in [-0.05, 0) is 55.3 Å². The molecule has 0 aliphatic heterocycles. The van der Waals surface area contributed by atoms with Crippen LogP contribution >= 0.6 is 0 Å². The van der Waals surface area contributed by atoms with E-state index in [0.717, 1.165) is 25.7 Å². The summed E-state index contributed by atoms with van der Waals surface area (Å²) in [5.74, 6) is 0.330. The second kappa shape index (κ2) is 7.27. The maximum Gasteiger partial charge on any atom is 0.255 e. The number of carbonyl (C=O) groups is 1. The summed E-state index contributed by atoms with van der Waals surface area (Å²) in [6.45, 7) is 0. The van der Waals surface area contributed by atoms with Crippen molar-refractivity contribution >= 4 is 21.4 Å². The zero-order valence-electron chi connectivity index (χ0n) is 14.1. The minimum absolute atomic E-state index is 0.273. The first-order valence-electron chi connectivity index (χ1n) is 8.30. The average Bonchev–Trinajstić information content (AvgIpc) is 3.18. The van der Waals surface area contributed by atoms with Crippen molar-refractivity contribution in [2.24, 2.45) is 0 Å². The standard InChI is InChI=1S/C19H21NO4S/c1-24-16-6-4-5-14(13-16)19(21)20-15-9-11-18(12-10-15)25(22,23)17-7-2-3-8-17/h4-6,9-13,17H,2-3,7-8H2,1H3,(H,20,21). The zero-order valence-corrected chi connectivity index (χ0v) is 14.9. The summed E-state index contributed by atoms with van der Waals surface area (Å²) in [7, 11) is -1.73. The van der Waals surface area contributed by atoms with Gasteiger partial charge in [0.25, 0.3) is 5.91 Å². The van der Waals surface area contributed by atoms with Crippen molar-refractivity contribution in [3.05, 3.63) is 54.1 Å². The van der Waals surface area contributed by atoms with Gasteiger partial charge in [-0.3, -0.25) is 4.79 Å². The highest BCUT2D eigenvalue weighted by Crippen LogP contribution is 2.30. The van der Waals surface area contributed by atoms with Crippen LogP contribution in [-0.4, -0.2) is 26.7 Å². The molecule has 1 aliphatic carbocycles. The molecular weight excluding hydrogens is 338 g/mol. The molecule has 0 radical (unpaired) electrons. The Morgan fingerprint density at radius 1 is 1.08 bits per heavy atom. The van der Waals surface area contributed by atoms with Crippen LogP contribution in [0.3, 0.4) is 0 Å². The fraction of sp³-hybridized carbons (Fsp3) is 0.316. The van der Waals surface area contributed by atoms with Crippen LogP contribution in [0.1, 0.15) is 36.0 Å². The van der Waals surface area contributed by atoms with Crippen LogP contribution in [-0.2, 0) is 9.84 Å². The van der Waals surface area contributed by atoms with Crippen LogP contribution in [0.4, 0.5) is 5.69 Å². The topological polar surface area (TPSA) is 72.5 Å². The lowest BCUT2D eigenvalue weighted by Crippen LogP contribution is -2.18. The Bertz CT molecular complexity index is 853. The van der Waals surface area contributed by atoms with E-state index in [1.807, 2.05) is 0 Å². The predicted molar refractivity (Wildman–Crippen MR) is 96.8 cm³/mol. The van der Waals surface area contributed by atoms with Gasteiger partial charge in [0.2, 0.25) is 0 Å². The molecular formula is C19H21NO4S. The number of nitrogens with one attached hydrogen (secondary N) is 1. The normalized spacial score (nSPS) is 15.1. The monoisotopic (exact) mass is 359 g/mol. The van der Waals surface area contributed by atoms with Gasteiger partial charge >= 0.3 is 0 Å². The van der Waals surface area contributed by atoms with Gasteiger partial charge in [-0.25, -0.2) is 8.42 Å². The number of anilines is 1. The maximum absolute atomic E-state index is 12.6. The smallest absolute Gasteiger partial charge is 0.255 e. The predicted octanol–water partition coefficient (Wildman–Crippen LogP) is 3.66. The third-order valence-corrected chi connectivity index (χ3v) is 6.79. The van der Waals surface area contributed by atoms with E-state index in [1.165, 1.54) is 0 Å². The van der Waals surface area contributed by atoms with Crippen LogP contribution in [0.5, 0.6) is 5.75 Å².